The van der Waals surface area contributed by atoms with E-state index < -0.39 is 5.54 Å². The lowest BCUT2D eigenvalue weighted by Crippen LogP contribution is -2.46. The van der Waals surface area contributed by atoms with Gasteiger partial charge in [0, 0.05) is 5.92 Å². The average Bonchev–Trinajstić information content (AvgIpc) is 3.31. The summed E-state index contributed by atoms with van der Waals surface area (Å²) in [6, 6.07) is -0.359. The summed E-state index contributed by atoms with van der Waals surface area (Å²) in [6.07, 6.45) is 4.13. The summed E-state index contributed by atoms with van der Waals surface area (Å²) in [7, 11) is 0. The van der Waals surface area contributed by atoms with Crippen molar-refractivity contribution < 1.29 is 14.1 Å². The van der Waals surface area contributed by atoms with Gasteiger partial charge in [-0.1, -0.05) is 5.16 Å². The molecule has 4 rings (SSSR count). The summed E-state index contributed by atoms with van der Waals surface area (Å²) >= 11 is 0. The lowest BCUT2D eigenvalue weighted by Gasteiger charge is -2.20. The molecule has 7 nitrogen and oxygen atoms in total. The average molecular weight is 276 g/mol. The van der Waals surface area contributed by atoms with Crippen LogP contribution in [0.25, 0.3) is 0 Å². The van der Waals surface area contributed by atoms with Crippen molar-refractivity contribution in [2.75, 3.05) is 0 Å². The minimum atomic E-state index is -0.750. The topological polar surface area (TPSA) is 88.3 Å². The first-order valence-electron chi connectivity index (χ1n) is 7.04. The zero-order valence-electron chi connectivity index (χ0n) is 11.3. The van der Waals surface area contributed by atoms with Gasteiger partial charge in [0.1, 0.15) is 5.54 Å². The van der Waals surface area contributed by atoms with Crippen LogP contribution in [-0.2, 0) is 11.3 Å². The zero-order chi connectivity index (χ0) is 13.9. The summed E-state index contributed by atoms with van der Waals surface area (Å²) in [5.74, 6) is 1.47. The van der Waals surface area contributed by atoms with Gasteiger partial charge < -0.3 is 9.84 Å². The van der Waals surface area contributed by atoms with Gasteiger partial charge in [-0.15, -0.1) is 0 Å². The minimum Gasteiger partial charge on any atom is -0.339 e. The molecule has 1 atom stereocenters. The zero-order valence-corrected chi connectivity index (χ0v) is 11.3. The maximum Gasteiger partial charge on any atom is 0.325 e. The van der Waals surface area contributed by atoms with Crippen LogP contribution in [-0.4, -0.2) is 32.5 Å². The Bertz CT molecular complexity index is 590. The molecule has 7 heteroatoms. The molecule has 3 amide bonds. The van der Waals surface area contributed by atoms with Gasteiger partial charge in [0.2, 0.25) is 5.89 Å². The smallest absolute Gasteiger partial charge is 0.325 e. The molecule has 0 unspecified atom stereocenters. The molecule has 1 aliphatic heterocycles. The Morgan fingerprint density at radius 1 is 1.35 bits per heavy atom. The second-order valence-corrected chi connectivity index (χ2v) is 6.12. The molecule has 0 spiro atoms. The van der Waals surface area contributed by atoms with Crippen molar-refractivity contribution >= 4 is 11.9 Å². The molecule has 106 valence electrons. The van der Waals surface area contributed by atoms with Crippen molar-refractivity contribution in [3.63, 3.8) is 0 Å². The van der Waals surface area contributed by atoms with E-state index in [9.17, 15) is 9.59 Å². The van der Waals surface area contributed by atoms with Crippen LogP contribution in [0.1, 0.15) is 50.2 Å². The van der Waals surface area contributed by atoms with E-state index in [0.29, 0.717) is 17.6 Å². The molecule has 3 aliphatic rings. The number of nitrogens with one attached hydrogen (secondary N) is 1. The maximum atomic E-state index is 12.4. The van der Waals surface area contributed by atoms with Gasteiger partial charge in [-0.2, -0.15) is 4.98 Å². The Morgan fingerprint density at radius 3 is 2.75 bits per heavy atom. The van der Waals surface area contributed by atoms with Crippen LogP contribution in [0.15, 0.2) is 4.52 Å². The Morgan fingerprint density at radius 2 is 2.10 bits per heavy atom. The monoisotopic (exact) mass is 276 g/mol. The molecule has 0 radical (unpaired) electrons. The highest BCUT2D eigenvalue weighted by Gasteiger charge is 2.56. The van der Waals surface area contributed by atoms with Gasteiger partial charge in [-0.05, 0) is 38.5 Å². The third kappa shape index (κ3) is 1.72. The quantitative estimate of drug-likeness (QED) is 0.834. The highest BCUT2D eigenvalue weighted by molar-refractivity contribution is 6.07. The Labute approximate surface area is 115 Å². The number of hydrogen-bond donors (Lipinski definition) is 1. The standard InChI is InChI=1S/C13H16N4O3/c1-13(8-4-5-8)11(18)17(12(19)15-13)6-9-14-10(20-16-9)7-2-3-7/h7-8H,2-6H2,1H3,(H,15,19)/t13-/m0/s1. The van der Waals surface area contributed by atoms with E-state index in [4.69, 9.17) is 4.52 Å². The van der Waals surface area contributed by atoms with Crippen LogP contribution in [0.5, 0.6) is 0 Å². The van der Waals surface area contributed by atoms with Crippen LogP contribution in [0.3, 0.4) is 0 Å². The molecular formula is C13H16N4O3. The minimum absolute atomic E-state index is 0.0865. The first-order chi connectivity index (χ1) is 9.58. The number of nitrogens with zero attached hydrogens (tertiary/aromatic N) is 3. The van der Waals surface area contributed by atoms with Gasteiger partial charge in [-0.3, -0.25) is 9.69 Å². The fourth-order valence-corrected chi connectivity index (χ4v) is 2.77. The first kappa shape index (κ1) is 11.9. The Kier molecular flexibility index (Phi) is 2.26. The largest absolute Gasteiger partial charge is 0.339 e. The van der Waals surface area contributed by atoms with Crippen LogP contribution in [0.2, 0.25) is 0 Å². The first-order valence-corrected chi connectivity index (χ1v) is 7.04. The second-order valence-electron chi connectivity index (χ2n) is 6.12. The molecule has 1 aromatic rings. The van der Waals surface area contributed by atoms with Crippen LogP contribution < -0.4 is 5.32 Å². The van der Waals surface area contributed by atoms with Gasteiger partial charge in [0.25, 0.3) is 5.91 Å². The molecule has 20 heavy (non-hydrogen) atoms. The number of aromatic nitrogens is 2. The van der Waals surface area contributed by atoms with Crippen molar-refractivity contribution in [1.82, 2.24) is 20.4 Å². The van der Waals surface area contributed by atoms with E-state index in [1.165, 1.54) is 4.90 Å². The van der Waals surface area contributed by atoms with E-state index in [1.807, 2.05) is 0 Å². The Balaban J connectivity index is 1.52. The molecule has 0 aromatic carbocycles. The van der Waals surface area contributed by atoms with E-state index in [-0.39, 0.29) is 24.4 Å². The van der Waals surface area contributed by atoms with Gasteiger partial charge >= 0.3 is 6.03 Å². The number of carbonyl (C=O) groups is 2. The van der Waals surface area contributed by atoms with E-state index in [1.54, 1.807) is 6.92 Å². The molecule has 1 N–H and O–H groups in total. The highest BCUT2D eigenvalue weighted by atomic mass is 16.5. The number of carbonyl (C=O) groups excluding carboxylic acids is 2. The molecular weight excluding hydrogens is 260 g/mol. The van der Waals surface area contributed by atoms with Gasteiger partial charge in [0.05, 0.1) is 6.54 Å². The van der Waals surface area contributed by atoms with Crippen molar-refractivity contribution in [3.05, 3.63) is 11.7 Å². The Hall–Kier alpha value is -1.92. The SMILES string of the molecule is C[C@@]1(C2CC2)NC(=O)N(Cc2noc(C3CC3)n2)C1=O. The third-order valence-corrected chi connectivity index (χ3v) is 4.40. The molecule has 0 bridgehead atoms. The van der Waals surface area contributed by atoms with Crippen molar-refractivity contribution in [2.24, 2.45) is 5.92 Å². The number of hydrogen-bond acceptors (Lipinski definition) is 5. The normalized spacial score (nSPS) is 29.9. The van der Waals surface area contributed by atoms with E-state index in [2.05, 4.69) is 15.5 Å². The van der Waals surface area contributed by atoms with E-state index >= 15 is 0 Å². The van der Waals surface area contributed by atoms with Gasteiger partial charge in [-0.25, -0.2) is 4.79 Å². The third-order valence-electron chi connectivity index (χ3n) is 4.40. The summed E-state index contributed by atoms with van der Waals surface area (Å²) in [5, 5.41) is 6.66. The van der Waals surface area contributed by atoms with Crippen LogP contribution in [0.4, 0.5) is 4.79 Å². The number of urea groups is 1. The number of imide groups is 1. The molecule has 2 heterocycles. The fraction of sp³-hybridized carbons (Fsp3) is 0.692. The summed E-state index contributed by atoms with van der Waals surface area (Å²) in [5.41, 5.74) is -0.750. The predicted octanol–water partition coefficient (Wildman–Crippen LogP) is 1.17. The summed E-state index contributed by atoms with van der Waals surface area (Å²) in [4.78, 5) is 29.9. The molecule has 2 saturated carbocycles. The molecule has 2 aliphatic carbocycles. The summed E-state index contributed by atoms with van der Waals surface area (Å²) in [6.45, 7) is 1.89. The molecule has 1 saturated heterocycles. The fourth-order valence-electron chi connectivity index (χ4n) is 2.77. The van der Waals surface area contributed by atoms with E-state index in [0.717, 1.165) is 25.7 Å². The number of rotatable bonds is 4. The number of amides is 3. The molecule has 3 fully saturated rings. The maximum absolute atomic E-state index is 12.4. The highest BCUT2D eigenvalue weighted by Crippen LogP contribution is 2.43. The lowest BCUT2D eigenvalue weighted by molar-refractivity contribution is -0.131. The van der Waals surface area contributed by atoms with Crippen LogP contribution in [0, 0.1) is 5.92 Å². The van der Waals surface area contributed by atoms with Crippen molar-refractivity contribution in [2.45, 2.75) is 50.6 Å². The lowest BCUT2D eigenvalue weighted by atomic mass is 9.96. The van der Waals surface area contributed by atoms with Crippen molar-refractivity contribution in [1.29, 1.82) is 0 Å². The van der Waals surface area contributed by atoms with Crippen molar-refractivity contribution in [3.8, 4) is 0 Å². The van der Waals surface area contributed by atoms with Gasteiger partial charge in [0.15, 0.2) is 5.82 Å². The molecule has 1 aromatic heterocycles. The van der Waals surface area contributed by atoms with Crippen LogP contribution >= 0.6 is 0 Å². The predicted molar refractivity (Wildman–Crippen MR) is 66.5 cm³/mol. The summed E-state index contributed by atoms with van der Waals surface area (Å²) < 4.78 is 5.15. The second kappa shape index (κ2) is 3.80.